The molecule has 1 aromatic heterocycles. The number of halogens is 1. The Morgan fingerprint density at radius 2 is 1.77 bits per heavy atom. The van der Waals surface area contributed by atoms with Crippen molar-refractivity contribution in [2.45, 2.75) is 26.3 Å². The maximum atomic E-state index is 11.9. The van der Waals surface area contributed by atoms with Crippen LogP contribution in [0.1, 0.15) is 20.3 Å². The Bertz CT molecular complexity index is 875. The lowest BCUT2D eigenvalue weighted by molar-refractivity contribution is 0.249. The highest BCUT2D eigenvalue weighted by Crippen LogP contribution is 2.24. The largest absolute Gasteiger partial charge is 0.335 e. The molecule has 0 aliphatic heterocycles. The third-order valence-corrected chi connectivity index (χ3v) is 4.44. The van der Waals surface area contributed by atoms with E-state index in [4.69, 9.17) is 4.52 Å². The lowest BCUT2D eigenvalue weighted by atomic mass is 10.2. The van der Waals surface area contributed by atoms with Crippen LogP contribution in [0.4, 0.5) is 10.5 Å². The minimum absolute atomic E-state index is 0.130. The molecule has 0 fully saturated rings. The second-order valence-corrected chi connectivity index (χ2v) is 6.83. The van der Waals surface area contributed by atoms with Crippen molar-refractivity contribution in [3.05, 3.63) is 53.0 Å². The molecule has 3 aromatic rings. The number of urea groups is 1. The number of hydrogen-bond acceptors (Lipinski definition) is 4. The molecule has 7 heteroatoms. The van der Waals surface area contributed by atoms with E-state index in [-0.39, 0.29) is 12.1 Å². The lowest BCUT2D eigenvalue weighted by Gasteiger charge is -2.12. The van der Waals surface area contributed by atoms with Gasteiger partial charge in [-0.1, -0.05) is 28.0 Å². The van der Waals surface area contributed by atoms with Gasteiger partial charge in [0.15, 0.2) is 0 Å². The predicted molar refractivity (Wildman–Crippen MR) is 105 cm³/mol. The summed E-state index contributed by atoms with van der Waals surface area (Å²) in [6.45, 7) is 3.98. The zero-order valence-corrected chi connectivity index (χ0v) is 16.1. The molecule has 0 spiro atoms. The van der Waals surface area contributed by atoms with E-state index < -0.39 is 0 Å². The second kappa shape index (κ2) is 8.14. The van der Waals surface area contributed by atoms with E-state index in [9.17, 15) is 4.79 Å². The number of amides is 2. The number of anilines is 1. The molecule has 0 bridgehead atoms. The number of nitrogens with zero attached hydrogens (tertiary/aromatic N) is 2. The van der Waals surface area contributed by atoms with Crippen LogP contribution >= 0.6 is 15.9 Å². The summed E-state index contributed by atoms with van der Waals surface area (Å²) in [5.41, 5.74) is 2.36. The average molecular weight is 415 g/mol. The van der Waals surface area contributed by atoms with Crippen LogP contribution in [0.5, 0.6) is 0 Å². The van der Waals surface area contributed by atoms with E-state index in [1.54, 1.807) is 12.1 Å². The van der Waals surface area contributed by atoms with Crippen LogP contribution in [0.25, 0.3) is 22.8 Å². The van der Waals surface area contributed by atoms with Crippen molar-refractivity contribution >= 4 is 27.6 Å². The van der Waals surface area contributed by atoms with Crippen molar-refractivity contribution in [2.75, 3.05) is 5.32 Å². The molecule has 3 rings (SSSR count). The highest BCUT2D eigenvalue weighted by atomic mass is 79.9. The molecule has 26 heavy (non-hydrogen) atoms. The van der Waals surface area contributed by atoms with Gasteiger partial charge in [0.2, 0.25) is 5.82 Å². The Morgan fingerprint density at radius 3 is 2.42 bits per heavy atom. The fourth-order valence-electron chi connectivity index (χ4n) is 2.25. The first-order valence-electron chi connectivity index (χ1n) is 8.32. The Balaban J connectivity index is 1.69. The van der Waals surface area contributed by atoms with Crippen LogP contribution < -0.4 is 10.6 Å². The number of hydrogen-bond donors (Lipinski definition) is 2. The molecule has 1 heterocycles. The van der Waals surface area contributed by atoms with Crippen molar-refractivity contribution in [1.29, 1.82) is 0 Å². The Hall–Kier alpha value is -2.67. The van der Waals surface area contributed by atoms with Gasteiger partial charge in [-0.15, -0.1) is 0 Å². The average Bonchev–Trinajstić information content (AvgIpc) is 3.13. The summed E-state index contributed by atoms with van der Waals surface area (Å²) in [7, 11) is 0. The van der Waals surface area contributed by atoms with Crippen LogP contribution in [0.15, 0.2) is 57.5 Å². The zero-order valence-electron chi connectivity index (χ0n) is 14.5. The molecule has 0 aliphatic rings. The van der Waals surface area contributed by atoms with Gasteiger partial charge >= 0.3 is 6.03 Å². The second-order valence-electron chi connectivity index (χ2n) is 5.92. The highest BCUT2D eigenvalue weighted by Gasteiger charge is 2.11. The number of carbonyl (C=O) groups excluding carboxylic acids is 1. The molecule has 0 aliphatic carbocycles. The molecule has 0 saturated carbocycles. The summed E-state index contributed by atoms with van der Waals surface area (Å²) in [6.07, 6.45) is 0.880. The van der Waals surface area contributed by atoms with Gasteiger partial charge in [-0.25, -0.2) is 4.79 Å². The van der Waals surface area contributed by atoms with Gasteiger partial charge in [-0.3, -0.25) is 0 Å². The molecular formula is C19H19BrN4O2. The van der Waals surface area contributed by atoms with E-state index in [0.29, 0.717) is 17.4 Å². The molecule has 1 atom stereocenters. The lowest BCUT2D eigenvalue weighted by Crippen LogP contribution is -2.35. The molecule has 2 aromatic carbocycles. The van der Waals surface area contributed by atoms with Crippen molar-refractivity contribution < 1.29 is 9.32 Å². The first-order valence-corrected chi connectivity index (χ1v) is 9.12. The summed E-state index contributed by atoms with van der Waals surface area (Å²) < 4.78 is 6.33. The molecule has 1 unspecified atom stereocenters. The highest BCUT2D eigenvalue weighted by molar-refractivity contribution is 9.10. The van der Waals surface area contributed by atoms with Gasteiger partial charge < -0.3 is 15.2 Å². The number of carbonyl (C=O) groups is 1. The number of nitrogens with one attached hydrogen (secondary N) is 2. The number of aromatic nitrogens is 2. The number of rotatable bonds is 5. The fourth-order valence-corrected chi connectivity index (χ4v) is 2.51. The van der Waals surface area contributed by atoms with Crippen LogP contribution in [0.3, 0.4) is 0 Å². The van der Waals surface area contributed by atoms with E-state index in [2.05, 4.69) is 36.7 Å². The molecule has 0 radical (unpaired) electrons. The molecule has 2 N–H and O–H groups in total. The van der Waals surface area contributed by atoms with Gasteiger partial charge in [0.05, 0.1) is 0 Å². The third kappa shape index (κ3) is 4.49. The third-order valence-electron chi connectivity index (χ3n) is 3.91. The van der Waals surface area contributed by atoms with Gasteiger partial charge in [0, 0.05) is 27.3 Å². The van der Waals surface area contributed by atoms with E-state index in [1.165, 1.54) is 0 Å². The quantitative estimate of drug-likeness (QED) is 0.609. The van der Waals surface area contributed by atoms with Gasteiger partial charge in [-0.2, -0.15) is 4.98 Å². The molecule has 6 nitrogen and oxygen atoms in total. The minimum atomic E-state index is -0.218. The van der Waals surface area contributed by atoms with Crippen molar-refractivity contribution in [3.63, 3.8) is 0 Å². The first-order chi connectivity index (χ1) is 12.5. The summed E-state index contributed by atoms with van der Waals surface area (Å²) in [5.74, 6) is 0.959. The van der Waals surface area contributed by atoms with Gasteiger partial charge in [0.1, 0.15) is 0 Å². The normalized spacial score (nSPS) is 11.8. The summed E-state index contributed by atoms with van der Waals surface area (Å²) in [4.78, 5) is 16.3. The van der Waals surface area contributed by atoms with E-state index in [1.807, 2.05) is 50.2 Å². The predicted octanol–water partition coefficient (Wildman–Crippen LogP) is 5.09. The molecule has 134 valence electrons. The van der Waals surface area contributed by atoms with E-state index in [0.717, 1.165) is 22.0 Å². The Labute approximate surface area is 160 Å². The summed E-state index contributed by atoms with van der Waals surface area (Å²) in [5, 5.41) is 9.69. The van der Waals surface area contributed by atoms with Crippen LogP contribution in [0, 0.1) is 0 Å². The van der Waals surface area contributed by atoms with Crippen molar-refractivity contribution in [1.82, 2.24) is 15.5 Å². The van der Waals surface area contributed by atoms with Gasteiger partial charge in [0.25, 0.3) is 5.89 Å². The summed E-state index contributed by atoms with van der Waals surface area (Å²) in [6, 6.07) is 14.9. The van der Waals surface area contributed by atoms with Crippen molar-refractivity contribution in [3.8, 4) is 22.8 Å². The van der Waals surface area contributed by atoms with Crippen LogP contribution in [-0.2, 0) is 0 Å². The monoisotopic (exact) mass is 414 g/mol. The van der Waals surface area contributed by atoms with Crippen molar-refractivity contribution in [2.24, 2.45) is 0 Å². The molecular weight excluding hydrogens is 396 g/mol. The van der Waals surface area contributed by atoms with E-state index >= 15 is 0 Å². The fraction of sp³-hybridized carbons (Fsp3) is 0.211. The van der Waals surface area contributed by atoms with Crippen LogP contribution in [0.2, 0.25) is 0 Å². The van der Waals surface area contributed by atoms with Gasteiger partial charge in [-0.05, 0) is 61.9 Å². The SMILES string of the molecule is CCC(C)NC(=O)Nc1ccc(-c2noc(-c3ccc(Br)cc3)n2)cc1. The summed E-state index contributed by atoms with van der Waals surface area (Å²) >= 11 is 3.40. The number of benzene rings is 2. The Kier molecular flexibility index (Phi) is 5.68. The molecule has 2 amide bonds. The minimum Gasteiger partial charge on any atom is -0.335 e. The maximum Gasteiger partial charge on any atom is 0.319 e. The first kappa shape index (κ1) is 18.1. The zero-order chi connectivity index (χ0) is 18.5. The molecule has 0 saturated heterocycles. The maximum absolute atomic E-state index is 11.9. The van der Waals surface area contributed by atoms with Crippen LogP contribution in [-0.4, -0.2) is 22.2 Å². The Morgan fingerprint density at radius 1 is 1.12 bits per heavy atom. The smallest absolute Gasteiger partial charge is 0.319 e. The standard InChI is InChI=1S/C19H19BrN4O2/c1-3-12(2)21-19(25)22-16-10-6-13(7-11-16)17-23-18(26-24-17)14-4-8-15(20)9-5-14/h4-12H,3H2,1-2H3,(H2,21,22,25). The topological polar surface area (TPSA) is 80.0 Å².